The van der Waals surface area contributed by atoms with Gasteiger partial charge in [-0.05, 0) is 0 Å². The summed E-state index contributed by atoms with van der Waals surface area (Å²) >= 11 is 0. The highest BCUT2D eigenvalue weighted by Gasteiger charge is 1.96. The molecule has 0 aromatic carbocycles. The Morgan fingerprint density at radius 1 is 2.00 bits per heavy atom. The van der Waals surface area contributed by atoms with E-state index in [2.05, 4.69) is 10.4 Å². The van der Waals surface area contributed by atoms with E-state index in [9.17, 15) is 0 Å². The standard InChI is InChI=1S/C2H5N3O/c6-5-2-3-1-4-5/h1,6H,2H2,(H,3,4). The van der Waals surface area contributed by atoms with Crippen LogP contribution in [-0.2, 0) is 0 Å². The van der Waals surface area contributed by atoms with Crippen molar-refractivity contribution in [2.45, 2.75) is 0 Å². The molecule has 1 rings (SSSR count). The number of nitrogens with one attached hydrogen (secondary N) is 1. The topological polar surface area (TPSA) is 47.9 Å². The zero-order valence-corrected chi connectivity index (χ0v) is 3.13. The highest BCUT2D eigenvalue weighted by atomic mass is 16.5. The SMILES string of the molecule is ON1CN=CN1. The van der Waals surface area contributed by atoms with Gasteiger partial charge in [0, 0.05) is 0 Å². The lowest BCUT2D eigenvalue weighted by atomic mass is 11.2. The molecule has 0 aromatic rings. The summed E-state index contributed by atoms with van der Waals surface area (Å²) in [6.07, 6.45) is 1.43. The minimum atomic E-state index is 0.333. The Morgan fingerprint density at radius 3 is 3.00 bits per heavy atom. The van der Waals surface area contributed by atoms with Crippen LogP contribution in [-0.4, -0.2) is 23.4 Å². The summed E-state index contributed by atoms with van der Waals surface area (Å²) in [6.45, 7) is 0.333. The molecule has 34 valence electrons. The van der Waals surface area contributed by atoms with Gasteiger partial charge >= 0.3 is 0 Å². The molecular formula is C2H5N3O. The summed E-state index contributed by atoms with van der Waals surface area (Å²) in [5.41, 5.74) is 2.42. The Bertz CT molecular complexity index is 63.2. The molecule has 2 N–H and O–H groups in total. The monoisotopic (exact) mass is 87.0 g/mol. The van der Waals surface area contributed by atoms with E-state index in [1.165, 1.54) is 6.34 Å². The average Bonchev–Trinajstić information content (AvgIpc) is 1.86. The van der Waals surface area contributed by atoms with E-state index in [0.717, 1.165) is 5.17 Å². The van der Waals surface area contributed by atoms with Crippen molar-refractivity contribution in [1.82, 2.24) is 10.6 Å². The molecule has 0 spiro atoms. The van der Waals surface area contributed by atoms with Crippen molar-refractivity contribution < 1.29 is 5.21 Å². The lowest BCUT2D eigenvalue weighted by molar-refractivity contribution is -0.105. The van der Waals surface area contributed by atoms with Gasteiger partial charge < -0.3 is 0 Å². The van der Waals surface area contributed by atoms with Gasteiger partial charge in [0.05, 0.1) is 0 Å². The molecule has 0 aliphatic carbocycles. The van der Waals surface area contributed by atoms with Crippen molar-refractivity contribution in [1.29, 1.82) is 0 Å². The predicted molar refractivity (Wildman–Crippen MR) is 20.1 cm³/mol. The molecular weight excluding hydrogens is 82.0 g/mol. The fourth-order valence-electron chi connectivity index (χ4n) is 0.266. The molecule has 0 saturated heterocycles. The molecule has 0 fully saturated rings. The van der Waals surface area contributed by atoms with Crippen molar-refractivity contribution in [3.05, 3.63) is 0 Å². The van der Waals surface area contributed by atoms with E-state index in [1.807, 2.05) is 0 Å². The second-order valence-corrected chi connectivity index (χ2v) is 0.982. The highest BCUT2D eigenvalue weighted by Crippen LogP contribution is 1.77. The summed E-state index contributed by atoms with van der Waals surface area (Å²) in [4.78, 5) is 3.60. The first kappa shape index (κ1) is 3.58. The van der Waals surface area contributed by atoms with Crippen molar-refractivity contribution >= 4 is 6.34 Å². The van der Waals surface area contributed by atoms with Crippen LogP contribution < -0.4 is 5.43 Å². The molecule has 6 heavy (non-hydrogen) atoms. The molecule has 0 bridgehead atoms. The van der Waals surface area contributed by atoms with E-state index < -0.39 is 0 Å². The second kappa shape index (κ2) is 1.24. The largest absolute Gasteiger partial charge is 0.293 e. The van der Waals surface area contributed by atoms with Crippen LogP contribution in [0, 0.1) is 0 Å². The lowest BCUT2D eigenvalue weighted by Crippen LogP contribution is -2.27. The smallest absolute Gasteiger partial charge is 0.137 e. The van der Waals surface area contributed by atoms with Crippen molar-refractivity contribution in [3.8, 4) is 0 Å². The molecule has 0 radical (unpaired) electrons. The van der Waals surface area contributed by atoms with Gasteiger partial charge in [0.1, 0.15) is 13.0 Å². The van der Waals surface area contributed by atoms with Crippen molar-refractivity contribution in [2.75, 3.05) is 6.67 Å². The first-order valence-electron chi connectivity index (χ1n) is 1.60. The van der Waals surface area contributed by atoms with Crippen LogP contribution in [0.15, 0.2) is 4.99 Å². The predicted octanol–water partition coefficient (Wildman–Crippen LogP) is -0.818. The highest BCUT2D eigenvalue weighted by molar-refractivity contribution is 5.54. The number of hydroxylamine groups is 1. The van der Waals surface area contributed by atoms with E-state index in [0.29, 0.717) is 6.67 Å². The van der Waals surface area contributed by atoms with Crippen LogP contribution in [0.5, 0.6) is 0 Å². The normalized spacial score (nSPS) is 21.5. The van der Waals surface area contributed by atoms with Gasteiger partial charge in [-0.3, -0.25) is 15.6 Å². The first-order chi connectivity index (χ1) is 2.89. The zero-order chi connectivity index (χ0) is 4.41. The Kier molecular flexibility index (Phi) is 0.736. The van der Waals surface area contributed by atoms with E-state index in [4.69, 9.17) is 5.21 Å². The Labute approximate surface area is 35.0 Å². The van der Waals surface area contributed by atoms with Gasteiger partial charge in [0.2, 0.25) is 0 Å². The molecule has 0 unspecified atom stereocenters. The van der Waals surface area contributed by atoms with E-state index in [1.54, 1.807) is 0 Å². The maximum absolute atomic E-state index is 8.33. The fraction of sp³-hybridized carbons (Fsp3) is 0.500. The summed E-state index contributed by atoms with van der Waals surface area (Å²) in [6, 6.07) is 0. The molecule has 0 aromatic heterocycles. The summed E-state index contributed by atoms with van der Waals surface area (Å²) in [7, 11) is 0. The third kappa shape index (κ3) is 0.474. The molecule has 1 aliphatic heterocycles. The molecule has 0 saturated carbocycles. The summed E-state index contributed by atoms with van der Waals surface area (Å²) < 4.78 is 0. The van der Waals surface area contributed by atoms with Gasteiger partial charge in [-0.25, -0.2) is 0 Å². The van der Waals surface area contributed by atoms with Gasteiger partial charge in [-0.2, -0.15) is 0 Å². The Hall–Kier alpha value is -0.610. The zero-order valence-electron chi connectivity index (χ0n) is 3.13. The molecule has 1 heterocycles. The molecule has 4 nitrogen and oxygen atoms in total. The van der Waals surface area contributed by atoms with E-state index >= 15 is 0 Å². The minimum absolute atomic E-state index is 0.333. The van der Waals surface area contributed by atoms with Gasteiger partial charge in [0.15, 0.2) is 0 Å². The summed E-state index contributed by atoms with van der Waals surface area (Å²) in [5.74, 6) is 0. The van der Waals surface area contributed by atoms with E-state index in [-0.39, 0.29) is 0 Å². The Morgan fingerprint density at radius 2 is 2.83 bits per heavy atom. The number of hydrogen-bond acceptors (Lipinski definition) is 4. The fourth-order valence-corrected chi connectivity index (χ4v) is 0.266. The maximum Gasteiger partial charge on any atom is 0.137 e. The van der Waals surface area contributed by atoms with Crippen molar-refractivity contribution in [3.63, 3.8) is 0 Å². The molecule has 0 atom stereocenters. The maximum atomic E-state index is 8.33. The lowest BCUT2D eigenvalue weighted by Gasteiger charge is -1.99. The quantitative estimate of drug-likeness (QED) is 0.406. The number of hydrogen-bond donors (Lipinski definition) is 2. The minimum Gasteiger partial charge on any atom is -0.293 e. The van der Waals surface area contributed by atoms with Crippen LogP contribution in [0.25, 0.3) is 0 Å². The Balaban J connectivity index is 2.32. The number of aliphatic imine (C=N–C) groups is 1. The number of hydrazine groups is 1. The summed E-state index contributed by atoms with van der Waals surface area (Å²) in [5, 5.41) is 9.22. The first-order valence-corrected chi connectivity index (χ1v) is 1.60. The molecule has 0 amide bonds. The van der Waals surface area contributed by atoms with Crippen molar-refractivity contribution in [2.24, 2.45) is 4.99 Å². The van der Waals surface area contributed by atoms with Crippen LogP contribution in [0.1, 0.15) is 0 Å². The van der Waals surface area contributed by atoms with Crippen LogP contribution in [0.2, 0.25) is 0 Å². The number of rotatable bonds is 0. The van der Waals surface area contributed by atoms with Crippen LogP contribution >= 0.6 is 0 Å². The van der Waals surface area contributed by atoms with Gasteiger partial charge in [0.25, 0.3) is 0 Å². The third-order valence-electron chi connectivity index (χ3n) is 0.514. The van der Waals surface area contributed by atoms with Crippen LogP contribution in [0.3, 0.4) is 0 Å². The van der Waals surface area contributed by atoms with Gasteiger partial charge in [-0.15, -0.1) is 0 Å². The molecule has 1 aliphatic rings. The van der Waals surface area contributed by atoms with Crippen LogP contribution in [0.4, 0.5) is 0 Å². The second-order valence-electron chi connectivity index (χ2n) is 0.982. The molecule has 4 heteroatoms. The van der Waals surface area contributed by atoms with Gasteiger partial charge in [-0.1, -0.05) is 5.17 Å². The number of nitrogens with zero attached hydrogens (tertiary/aromatic N) is 2. The third-order valence-corrected chi connectivity index (χ3v) is 0.514. The average molecular weight is 87.1 g/mol.